The Morgan fingerprint density at radius 2 is 1.85 bits per heavy atom. The summed E-state index contributed by atoms with van der Waals surface area (Å²) in [6.07, 6.45) is 1.64. The summed E-state index contributed by atoms with van der Waals surface area (Å²) in [5.74, 6) is 0. The molecule has 1 aromatic carbocycles. The molecule has 0 atom stereocenters. The van der Waals surface area contributed by atoms with Gasteiger partial charge in [-0.25, -0.2) is 13.4 Å². The summed E-state index contributed by atoms with van der Waals surface area (Å²) in [5.41, 5.74) is 0. The Kier molecular flexibility index (Phi) is 3.58. The van der Waals surface area contributed by atoms with Crippen molar-refractivity contribution in [3.05, 3.63) is 52.1 Å². The van der Waals surface area contributed by atoms with Crippen LogP contribution in [-0.4, -0.2) is 13.4 Å². The predicted molar refractivity (Wildman–Crippen MR) is 84.2 cm³/mol. The van der Waals surface area contributed by atoms with E-state index in [1.54, 1.807) is 24.4 Å². The molecule has 0 radical (unpaired) electrons. The monoisotopic (exact) mass is 387 g/mol. The molecule has 0 saturated heterocycles. The highest BCUT2D eigenvalue weighted by molar-refractivity contribution is 9.10. The van der Waals surface area contributed by atoms with Crippen molar-refractivity contribution in [2.75, 3.05) is 0 Å². The van der Waals surface area contributed by atoms with Crippen LogP contribution >= 0.6 is 38.9 Å². The highest BCUT2D eigenvalue weighted by Crippen LogP contribution is 2.40. The minimum atomic E-state index is -3.58. The molecule has 0 aliphatic heterocycles. The fourth-order valence-electron chi connectivity index (χ4n) is 1.78. The first-order valence-corrected chi connectivity index (χ1v) is 9.01. The Morgan fingerprint density at radius 1 is 1.15 bits per heavy atom. The standard InChI is InChI=1S/C13H7BrClNO2S2/c14-11-10-2-1-7-16-12(10)19-13(11)20(17,18)9-5-3-8(15)4-6-9/h1-7H. The third-order valence-corrected chi connectivity index (χ3v) is 7.75. The lowest BCUT2D eigenvalue weighted by atomic mass is 10.3. The van der Waals surface area contributed by atoms with Gasteiger partial charge in [0.15, 0.2) is 0 Å². The number of fused-ring (bicyclic) bond motifs is 1. The maximum atomic E-state index is 12.6. The Labute approximate surface area is 133 Å². The average molecular weight is 389 g/mol. The van der Waals surface area contributed by atoms with E-state index in [0.717, 1.165) is 16.7 Å². The number of aromatic nitrogens is 1. The van der Waals surface area contributed by atoms with Gasteiger partial charge in [0.2, 0.25) is 9.84 Å². The summed E-state index contributed by atoms with van der Waals surface area (Å²) in [6, 6.07) is 9.74. The second-order valence-corrected chi connectivity index (χ2v) is 8.39. The number of rotatable bonds is 2. The Hall–Kier alpha value is -0.950. The molecule has 0 aliphatic rings. The van der Waals surface area contributed by atoms with Gasteiger partial charge >= 0.3 is 0 Å². The van der Waals surface area contributed by atoms with Crippen molar-refractivity contribution >= 4 is 58.9 Å². The maximum Gasteiger partial charge on any atom is 0.217 e. The van der Waals surface area contributed by atoms with Crippen LogP contribution in [0.4, 0.5) is 0 Å². The van der Waals surface area contributed by atoms with Gasteiger partial charge < -0.3 is 0 Å². The number of sulfone groups is 1. The molecule has 0 aliphatic carbocycles. The number of thiophene rings is 1. The topological polar surface area (TPSA) is 47.0 Å². The van der Waals surface area contributed by atoms with Crippen LogP contribution in [0, 0.1) is 0 Å². The largest absolute Gasteiger partial charge is 0.245 e. The summed E-state index contributed by atoms with van der Waals surface area (Å²) < 4.78 is 26.1. The van der Waals surface area contributed by atoms with Gasteiger partial charge in [-0.15, -0.1) is 11.3 Å². The number of nitrogens with zero attached hydrogens (tertiary/aromatic N) is 1. The smallest absolute Gasteiger partial charge is 0.217 e. The number of hydrogen-bond acceptors (Lipinski definition) is 4. The zero-order chi connectivity index (χ0) is 14.3. The van der Waals surface area contributed by atoms with Gasteiger partial charge in [-0.3, -0.25) is 0 Å². The first kappa shape index (κ1) is 14.0. The second kappa shape index (κ2) is 5.11. The summed E-state index contributed by atoms with van der Waals surface area (Å²) in [6.45, 7) is 0. The van der Waals surface area contributed by atoms with Crippen LogP contribution in [0.3, 0.4) is 0 Å². The van der Waals surface area contributed by atoms with Crippen molar-refractivity contribution in [1.82, 2.24) is 4.98 Å². The summed E-state index contributed by atoms with van der Waals surface area (Å²) in [5, 5.41) is 1.30. The van der Waals surface area contributed by atoms with Crippen LogP contribution in [-0.2, 0) is 9.84 Å². The third kappa shape index (κ3) is 2.26. The van der Waals surface area contributed by atoms with Crippen LogP contribution in [0.15, 0.2) is 56.2 Å². The molecule has 102 valence electrons. The summed E-state index contributed by atoms with van der Waals surface area (Å²) in [4.78, 5) is 5.09. The van der Waals surface area contributed by atoms with E-state index in [2.05, 4.69) is 20.9 Å². The first-order valence-electron chi connectivity index (χ1n) is 5.54. The molecule has 0 bridgehead atoms. The molecule has 3 nitrogen and oxygen atoms in total. The lowest BCUT2D eigenvalue weighted by molar-refractivity contribution is 0.598. The SMILES string of the molecule is O=S(=O)(c1ccc(Cl)cc1)c1sc2ncccc2c1Br. The molecule has 2 heterocycles. The Morgan fingerprint density at radius 3 is 2.50 bits per heavy atom. The molecule has 0 N–H and O–H groups in total. The van der Waals surface area contributed by atoms with Crippen LogP contribution < -0.4 is 0 Å². The average Bonchev–Trinajstić information content (AvgIpc) is 2.78. The molecule has 3 aromatic rings. The van der Waals surface area contributed by atoms with Gasteiger partial charge in [0, 0.05) is 16.6 Å². The molecule has 0 unspecified atom stereocenters. The number of hydrogen-bond donors (Lipinski definition) is 0. The van der Waals surface area contributed by atoms with Crippen molar-refractivity contribution < 1.29 is 8.42 Å². The van der Waals surface area contributed by atoms with Crippen LogP contribution in [0.5, 0.6) is 0 Å². The highest BCUT2D eigenvalue weighted by atomic mass is 79.9. The van der Waals surface area contributed by atoms with Crippen molar-refractivity contribution in [3.8, 4) is 0 Å². The minimum absolute atomic E-state index is 0.217. The summed E-state index contributed by atoms with van der Waals surface area (Å²) in [7, 11) is -3.58. The van der Waals surface area contributed by atoms with Gasteiger partial charge in [-0.1, -0.05) is 11.6 Å². The van der Waals surface area contributed by atoms with Gasteiger partial charge in [-0.05, 0) is 52.3 Å². The first-order chi connectivity index (χ1) is 9.50. The molecule has 3 rings (SSSR count). The van der Waals surface area contributed by atoms with Crippen molar-refractivity contribution in [2.24, 2.45) is 0 Å². The zero-order valence-corrected chi connectivity index (χ0v) is 13.9. The van der Waals surface area contributed by atoms with Crippen molar-refractivity contribution in [3.63, 3.8) is 0 Å². The Bertz CT molecular complexity index is 888. The van der Waals surface area contributed by atoms with Crippen molar-refractivity contribution in [1.29, 1.82) is 0 Å². The second-order valence-electron chi connectivity index (χ2n) is 4.02. The highest BCUT2D eigenvalue weighted by Gasteiger charge is 2.25. The normalized spacial score (nSPS) is 11.9. The van der Waals surface area contributed by atoms with E-state index < -0.39 is 9.84 Å². The van der Waals surface area contributed by atoms with Gasteiger partial charge in [0.1, 0.15) is 9.04 Å². The quantitative estimate of drug-likeness (QED) is 0.647. The van der Waals surface area contributed by atoms with E-state index in [-0.39, 0.29) is 9.10 Å². The molecule has 2 aromatic heterocycles. The summed E-state index contributed by atoms with van der Waals surface area (Å²) >= 11 is 10.3. The number of pyridine rings is 1. The molecule has 0 spiro atoms. The molecule has 20 heavy (non-hydrogen) atoms. The van der Waals surface area contributed by atoms with E-state index in [4.69, 9.17) is 11.6 Å². The van der Waals surface area contributed by atoms with Crippen LogP contribution in [0.25, 0.3) is 10.2 Å². The van der Waals surface area contributed by atoms with Gasteiger partial charge in [0.25, 0.3) is 0 Å². The predicted octanol–water partition coefficient (Wildman–Crippen LogP) is 4.55. The molecule has 0 saturated carbocycles. The minimum Gasteiger partial charge on any atom is -0.245 e. The molecule has 7 heteroatoms. The maximum absolute atomic E-state index is 12.6. The van der Waals surface area contributed by atoms with Crippen LogP contribution in [0.2, 0.25) is 5.02 Å². The lowest BCUT2D eigenvalue weighted by Crippen LogP contribution is -1.99. The van der Waals surface area contributed by atoms with E-state index in [9.17, 15) is 8.42 Å². The van der Waals surface area contributed by atoms with Crippen molar-refractivity contribution in [2.45, 2.75) is 9.10 Å². The Balaban J connectivity index is 2.24. The number of halogens is 2. The van der Waals surface area contributed by atoms with Gasteiger partial charge in [-0.2, -0.15) is 0 Å². The van der Waals surface area contributed by atoms with E-state index in [1.165, 1.54) is 12.1 Å². The molecule has 0 fully saturated rings. The molecular weight excluding hydrogens is 382 g/mol. The van der Waals surface area contributed by atoms with E-state index in [1.807, 2.05) is 6.07 Å². The number of benzene rings is 1. The van der Waals surface area contributed by atoms with Gasteiger partial charge in [0.05, 0.1) is 9.37 Å². The molecule has 0 amide bonds. The fourth-order valence-corrected chi connectivity index (χ4v) is 6.02. The van der Waals surface area contributed by atoms with E-state index in [0.29, 0.717) is 14.3 Å². The van der Waals surface area contributed by atoms with E-state index >= 15 is 0 Å². The lowest BCUT2D eigenvalue weighted by Gasteiger charge is -2.02. The van der Waals surface area contributed by atoms with Crippen LogP contribution in [0.1, 0.15) is 0 Å². The third-order valence-electron chi connectivity index (χ3n) is 2.74. The fraction of sp³-hybridized carbons (Fsp3) is 0. The molecular formula is C13H7BrClNO2S2. The zero-order valence-electron chi connectivity index (χ0n) is 9.88.